The molecule has 15 heteroatoms. The number of carbonyl (C=O) groups excluding carboxylic acids is 4. The molecule has 1 aliphatic carbocycles. The number of rotatable bonds is 11. The van der Waals surface area contributed by atoms with Gasteiger partial charge in [0.2, 0.25) is 0 Å². The molecule has 2 N–H and O–H groups in total. The van der Waals surface area contributed by atoms with Crippen LogP contribution in [-0.4, -0.2) is 60.2 Å². The fourth-order valence-electron chi connectivity index (χ4n) is 4.82. The minimum absolute atomic E-state index is 0.0359. The van der Waals surface area contributed by atoms with Crippen LogP contribution in [0.1, 0.15) is 38.2 Å². The van der Waals surface area contributed by atoms with Gasteiger partial charge in [0.15, 0.2) is 0 Å². The third kappa shape index (κ3) is 6.78. The monoisotopic (exact) mass is 722 g/mol. The van der Waals surface area contributed by atoms with Gasteiger partial charge in [0.1, 0.15) is 0 Å². The van der Waals surface area contributed by atoms with Crippen molar-refractivity contribution in [3.05, 3.63) is 57.7 Å². The van der Waals surface area contributed by atoms with Gasteiger partial charge in [0.25, 0.3) is 0 Å². The quantitative estimate of drug-likeness (QED) is 0.155. The number of halogens is 4. The number of nitrogens with one attached hydrogen (secondary N) is 2. The topological polar surface area (TPSA) is 153 Å². The Hall–Kier alpha value is -3.05. The van der Waals surface area contributed by atoms with Crippen molar-refractivity contribution in [2.24, 2.45) is 0 Å². The number of anilines is 1. The van der Waals surface area contributed by atoms with Gasteiger partial charge in [-0.2, -0.15) is 0 Å². The molecule has 228 valence electrons. The predicted molar refractivity (Wildman–Crippen MR) is 152 cm³/mol. The van der Waals surface area contributed by atoms with Crippen molar-refractivity contribution in [1.82, 2.24) is 10.6 Å². The van der Waals surface area contributed by atoms with E-state index < -0.39 is 94.6 Å². The van der Waals surface area contributed by atoms with Crippen molar-refractivity contribution in [2.75, 3.05) is 11.4 Å². The van der Waals surface area contributed by atoms with Crippen LogP contribution >= 0.6 is 20.2 Å². The average molecular weight is 722 g/mol. The van der Waals surface area contributed by atoms with Crippen LogP contribution in [0.4, 0.5) is 18.9 Å². The number of benzene rings is 2. The van der Waals surface area contributed by atoms with Crippen molar-refractivity contribution >= 4 is 57.6 Å². The number of hydrogen-bond donors (Lipinski definition) is 2. The Kier molecular flexibility index (Phi) is 9.62. The van der Waals surface area contributed by atoms with Gasteiger partial charge in [0.05, 0.1) is 0 Å². The van der Waals surface area contributed by atoms with Crippen LogP contribution in [0, 0.1) is 3.57 Å². The van der Waals surface area contributed by atoms with E-state index in [4.69, 9.17) is 0 Å². The first kappa shape index (κ1) is 31.9. The molecule has 10 nitrogen and oxygen atoms in total. The molecule has 1 saturated heterocycles. The standard InChI is InChI=1S/C27H28F3IN3O7S/c1-2-20(24(36)26(38)32-16-11-12-16)33-25(37)22-13-17(14-34(22)21-9-5-4-8-19(21)31(39)15-35)42(40,41)23-10-6-3-7-18(23)27(28,29)30/h3-10,15-17,20,22H,2,11-14H2,1H3,(H,32,38)(H,33,37)/q-1/t17-,20+,22+/m1/s1. The number of ketones is 1. The van der Waals surface area contributed by atoms with E-state index in [2.05, 4.69) is 10.6 Å². The molecule has 0 aromatic heterocycles. The zero-order valence-electron chi connectivity index (χ0n) is 22.3. The van der Waals surface area contributed by atoms with E-state index in [-0.39, 0.29) is 26.0 Å². The first-order chi connectivity index (χ1) is 19.8. The van der Waals surface area contributed by atoms with Crippen LogP contribution in [-0.2, 0) is 35.2 Å². The molecule has 3 atom stereocenters. The Balaban J connectivity index is 1.70. The molecule has 0 bridgehead atoms. The van der Waals surface area contributed by atoms with Crippen LogP contribution in [0.25, 0.3) is 0 Å². The molecule has 1 heterocycles. The molecule has 2 fully saturated rings. The molecule has 1 saturated carbocycles. The molecular weight excluding hydrogens is 694 g/mol. The van der Waals surface area contributed by atoms with Crippen molar-refractivity contribution in [2.45, 2.75) is 67.1 Å². The number of carbonyl (C=O) groups is 4. The third-order valence-electron chi connectivity index (χ3n) is 7.12. The normalized spacial score (nSPS) is 20.0. The Morgan fingerprint density at radius 3 is 2.38 bits per heavy atom. The number of amides is 2. The van der Waals surface area contributed by atoms with Crippen LogP contribution in [0.15, 0.2) is 53.4 Å². The number of alkyl halides is 3. The zero-order chi connectivity index (χ0) is 30.8. The van der Waals surface area contributed by atoms with Crippen molar-refractivity contribution in [1.29, 1.82) is 0 Å². The number of Topliss-reactive ketones (excluding diaryl/α,β-unsaturated/α-hetero) is 1. The van der Waals surface area contributed by atoms with E-state index in [9.17, 15) is 44.2 Å². The second-order valence-corrected chi connectivity index (χ2v) is 15.4. The Morgan fingerprint density at radius 1 is 1.12 bits per heavy atom. The molecule has 0 unspecified atom stereocenters. The summed E-state index contributed by atoms with van der Waals surface area (Å²) < 4.78 is 81.5. The molecule has 0 radical (unpaired) electrons. The molecular formula is C27H28F3IN3O7S-. The molecule has 1 aliphatic heterocycles. The summed E-state index contributed by atoms with van der Waals surface area (Å²) in [5, 5.41) is 3.53. The van der Waals surface area contributed by atoms with Gasteiger partial charge in [-0.05, 0) is 0 Å². The number of sulfone groups is 1. The Morgan fingerprint density at radius 2 is 1.76 bits per heavy atom. The van der Waals surface area contributed by atoms with Gasteiger partial charge in [-0.1, -0.05) is 0 Å². The van der Waals surface area contributed by atoms with Crippen LogP contribution < -0.4 is 19.0 Å². The number of hydrogen-bond acceptors (Lipinski definition) is 8. The molecule has 2 aliphatic rings. The Bertz CT molecular complexity index is 1480. The van der Waals surface area contributed by atoms with Gasteiger partial charge in [-0.3, -0.25) is 0 Å². The zero-order valence-corrected chi connectivity index (χ0v) is 25.2. The average Bonchev–Trinajstić information content (AvgIpc) is 3.67. The van der Waals surface area contributed by atoms with Crippen LogP contribution in [0.5, 0.6) is 0 Å². The number of nitrogens with zero attached hydrogens (tertiary/aromatic N) is 1. The summed E-state index contributed by atoms with van der Waals surface area (Å²) in [4.78, 5) is 50.4. The van der Waals surface area contributed by atoms with Crippen molar-refractivity contribution in [3.8, 4) is 0 Å². The van der Waals surface area contributed by atoms with Crippen molar-refractivity contribution in [3.63, 3.8) is 0 Å². The van der Waals surface area contributed by atoms with E-state index >= 15 is 0 Å². The summed E-state index contributed by atoms with van der Waals surface area (Å²) in [5.74, 6) is -2.60. The van der Waals surface area contributed by atoms with E-state index in [0.717, 1.165) is 31.0 Å². The SMILES string of the molecule is CC[C@H](NC(=O)[C@@H]1C[C@@H](S(=O)(=O)c2ccccc2C(F)(F)F)CN1c1ccccc1I([O-])C=O)C(=O)C(=O)NC1CC1. The van der Waals surface area contributed by atoms with Gasteiger partial charge in [-0.15, -0.1) is 0 Å². The maximum atomic E-state index is 13.7. The molecule has 2 aromatic carbocycles. The summed E-state index contributed by atoms with van der Waals surface area (Å²) in [6, 6.07) is 6.91. The Labute approximate surface area is 247 Å². The summed E-state index contributed by atoms with van der Waals surface area (Å²) in [5.41, 5.74) is -1.23. The van der Waals surface area contributed by atoms with Crippen molar-refractivity contribution < 1.29 is 44.2 Å². The first-order valence-corrected chi connectivity index (χ1v) is 17.8. The fourth-order valence-corrected chi connectivity index (χ4v) is 8.60. The summed E-state index contributed by atoms with van der Waals surface area (Å²) in [7, 11) is -4.68. The second-order valence-electron chi connectivity index (χ2n) is 9.96. The molecule has 4 rings (SSSR count). The third-order valence-corrected chi connectivity index (χ3v) is 11.8. The molecule has 2 amide bonds. The van der Waals surface area contributed by atoms with E-state index in [1.54, 1.807) is 6.92 Å². The maximum absolute atomic E-state index is 13.7. The summed E-state index contributed by atoms with van der Waals surface area (Å²) >= 11 is -3.63. The van der Waals surface area contributed by atoms with E-state index in [0.29, 0.717) is 6.07 Å². The molecule has 2 aromatic rings. The second kappa shape index (κ2) is 12.7. The predicted octanol–water partition coefficient (Wildman–Crippen LogP) is 2.01. The first-order valence-electron chi connectivity index (χ1n) is 13.0. The van der Waals surface area contributed by atoms with Crippen LogP contribution in [0.3, 0.4) is 0 Å². The molecule has 42 heavy (non-hydrogen) atoms. The van der Waals surface area contributed by atoms with Gasteiger partial charge >= 0.3 is 249 Å². The fraction of sp³-hybridized carbons (Fsp3) is 0.407. The van der Waals surface area contributed by atoms with Gasteiger partial charge < -0.3 is 0 Å². The van der Waals surface area contributed by atoms with Crippen LogP contribution in [0.2, 0.25) is 0 Å². The van der Waals surface area contributed by atoms with E-state index in [1.165, 1.54) is 29.2 Å². The summed E-state index contributed by atoms with van der Waals surface area (Å²) in [6.45, 7) is 1.11. The summed E-state index contributed by atoms with van der Waals surface area (Å²) in [6.07, 6.45) is -3.93. The minimum atomic E-state index is -4.97. The van der Waals surface area contributed by atoms with Gasteiger partial charge in [0, 0.05) is 0 Å². The number of para-hydroxylation sites is 1. The van der Waals surface area contributed by atoms with E-state index in [1.807, 2.05) is 0 Å². The van der Waals surface area contributed by atoms with Gasteiger partial charge in [-0.25, -0.2) is 0 Å². The molecule has 0 spiro atoms.